The fourth-order valence-electron chi connectivity index (χ4n) is 6.77. The molecule has 15 nitrogen and oxygen atoms in total. The number of anilines is 1. The zero-order valence-electron chi connectivity index (χ0n) is 33.3. The van der Waals surface area contributed by atoms with Crippen molar-refractivity contribution < 1.29 is 28.8 Å². The Balaban J connectivity index is 1.79. The van der Waals surface area contributed by atoms with E-state index in [1.54, 1.807) is 23.4 Å². The maximum absolute atomic E-state index is 14.5. The Hall–Kier alpha value is -4.82. The van der Waals surface area contributed by atoms with Crippen LogP contribution in [0.15, 0.2) is 42.8 Å². The van der Waals surface area contributed by atoms with Crippen molar-refractivity contribution in [2.75, 3.05) is 44.2 Å². The number of Topliss-reactive ketones (excluding diaryl/α,β-unsaturated/α-hetero) is 1. The molecular formula is C39H61N9O6. The van der Waals surface area contributed by atoms with Crippen LogP contribution in [0.1, 0.15) is 81.1 Å². The Bertz CT molecular complexity index is 1510. The first-order chi connectivity index (χ1) is 25.5. The van der Waals surface area contributed by atoms with Gasteiger partial charge < -0.3 is 36.0 Å². The zero-order valence-corrected chi connectivity index (χ0v) is 33.3. The number of nitrogens with one attached hydrogen (secondary N) is 4. The lowest BCUT2D eigenvalue weighted by atomic mass is 9.85. The van der Waals surface area contributed by atoms with Crippen LogP contribution in [0.2, 0.25) is 0 Å². The van der Waals surface area contributed by atoms with Gasteiger partial charge in [-0.25, -0.2) is 14.8 Å². The molecule has 15 heteroatoms. The van der Waals surface area contributed by atoms with Crippen LogP contribution in [0.25, 0.3) is 0 Å². The predicted octanol–water partition coefficient (Wildman–Crippen LogP) is 2.59. The van der Waals surface area contributed by atoms with E-state index in [-0.39, 0.29) is 37.3 Å². The van der Waals surface area contributed by atoms with Gasteiger partial charge in [-0.1, -0.05) is 72.1 Å². The molecule has 3 heterocycles. The number of rotatable bonds is 16. The van der Waals surface area contributed by atoms with Crippen LogP contribution in [-0.2, 0) is 24.0 Å². The summed E-state index contributed by atoms with van der Waals surface area (Å²) < 4.78 is 0. The number of carbonyl (C=O) groups excluding carboxylic acids is 6. The van der Waals surface area contributed by atoms with Crippen LogP contribution in [-0.4, -0.2) is 119 Å². The standard InChI is InChI=1S/C39H61N9O6/c1-10-12-14-28(31(49)34(51)40-16-11-2)43-33(50)30-27(24-25(3)4)15-19-48(30)36(53)32(39(7,8)9)45-38(54)44-29(26(5)6)35(52)46-20-22-47(23-21-46)37-41-17-13-18-42-37/h11,13,17-18,24,26-30,32H,2,10,12,14-16,19-23H2,1,3-9H3,(H,40,51)(H,43,50)(H2,44,45,54)/t27-,28?,29+,30+,32-/m1/s1. The molecule has 0 saturated carbocycles. The van der Waals surface area contributed by atoms with E-state index in [0.717, 1.165) is 12.0 Å². The normalized spacial score (nSPS) is 18.9. The lowest BCUT2D eigenvalue weighted by Gasteiger charge is -2.38. The van der Waals surface area contributed by atoms with Gasteiger partial charge in [-0.05, 0) is 44.1 Å². The molecule has 6 amide bonds. The van der Waals surface area contributed by atoms with Crippen molar-refractivity contribution in [1.29, 1.82) is 0 Å². The summed E-state index contributed by atoms with van der Waals surface area (Å²) in [5.41, 5.74) is 0.165. The highest BCUT2D eigenvalue weighted by atomic mass is 16.2. The Morgan fingerprint density at radius 3 is 2.15 bits per heavy atom. The minimum absolute atomic E-state index is 0.106. The molecule has 0 bridgehead atoms. The van der Waals surface area contributed by atoms with Crippen molar-refractivity contribution in [3.63, 3.8) is 0 Å². The average molecular weight is 752 g/mol. The first kappa shape index (κ1) is 43.6. The van der Waals surface area contributed by atoms with Gasteiger partial charge in [-0.15, -0.1) is 6.58 Å². The number of carbonyl (C=O) groups is 6. The number of amides is 6. The molecule has 298 valence electrons. The van der Waals surface area contributed by atoms with Gasteiger partial charge in [0.05, 0.1) is 6.04 Å². The summed E-state index contributed by atoms with van der Waals surface area (Å²) in [5, 5.41) is 11.0. The molecule has 0 spiro atoms. The summed E-state index contributed by atoms with van der Waals surface area (Å²) in [4.78, 5) is 95.6. The molecule has 1 aromatic rings. The van der Waals surface area contributed by atoms with Crippen LogP contribution >= 0.6 is 0 Å². The average Bonchev–Trinajstić information content (AvgIpc) is 3.55. The highest BCUT2D eigenvalue weighted by Crippen LogP contribution is 2.31. The number of allylic oxidation sites excluding steroid dienone is 1. The highest BCUT2D eigenvalue weighted by Gasteiger charge is 2.46. The molecule has 0 aliphatic carbocycles. The number of likely N-dealkylation sites (tertiary alicyclic amines) is 1. The molecule has 1 aromatic heterocycles. The summed E-state index contributed by atoms with van der Waals surface area (Å²) in [6.07, 6.45) is 8.83. The second kappa shape index (κ2) is 20.0. The topological polar surface area (TPSA) is 186 Å². The number of nitrogens with zero attached hydrogens (tertiary/aromatic N) is 5. The molecule has 2 aliphatic rings. The molecule has 2 fully saturated rings. The van der Waals surface area contributed by atoms with Crippen LogP contribution < -0.4 is 26.2 Å². The van der Waals surface area contributed by atoms with E-state index in [2.05, 4.69) is 37.8 Å². The van der Waals surface area contributed by atoms with Gasteiger partial charge in [0.15, 0.2) is 0 Å². The Kier molecular flexibility index (Phi) is 16.2. The van der Waals surface area contributed by atoms with Gasteiger partial charge in [0, 0.05) is 57.6 Å². The van der Waals surface area contributed by atoms with Crippen LogP contribution in [0.5, 0.6) is 0 Å². The van der Waals surface area contributed by atoms with Crippen molar-refractivity contribution >= 4 is 41.4 Å². The summed E-state index contributed by atoms with van der Waals surface area (Å²) >= 11 is 0. The molecule has 54 heavy (non-hydrogen) atoms. The smallest absolute Gasteiger partial charge is 0.316 e. The summed E-state index contributed by atoms with van der Waals surface area (Å²) in [6, 6.07) is -2.92. The second-order valence-electron chi connectivity index (χ2n) is 15.7. The molecular weight excluding hydrogens is 690 g/mol. The van der Waals surface area contributed by atoms with Gasteiger partial charge in [0.25, 0.3) is 5.91 Å². The summed E-state index contributed by atoms with van der Waals surface area (Å²) in [7, 11) is 0. The molecule has 3 rings (SSSR count). The van der Waals surface area contributed by atoms with E-state index in [1.807, 2.05) is 66.4 Å². The molecule has 4 N–H and O–H groups in total. The van der Waals surface area contributed by atoms with Gasteiger partial charge in [-0.3, -0.25) is 24.0 Å². The minimum atomic E-state index is -1.07. The molecule has 0 aromatic carbocycles. The van der Waals surface area contributed by atoms with Gasteiger partial charge in [0.2, 0.25) is 29.5 Å². The first-order valence-electron chi connectivity index (χ1n) is 19.1. The van der Waals surface area contributed by atoms with E-state index >= 15 is 0 Å². The van der Waals surface area contributed by atoms with E-state index in [9.17, 15) is 28.8 Å². The Morgan fingerprint density at radius 2 is 1.59 bits per heavy atom. The monoisotopic (exact) mass is 751 g/mol. The fourth-order valence-corrected chi connectivity index (χ4v) is 6.77. The van der Waals surface area contributed by atoms with Crippen LogP contribution in [0, 0.1) is 17.3 Å². The fraction of sp³-hybridized carbons (Fsp3) is 0.641. The van der Waals surface area contributed by atoms with E-state index in [4.69, 9.17) is 0 Å². The van der Waals surface area contributed by atoms with Crippen molar-refractivity contribution in [1.82, 2.24) is 41.0 Å². The molecule has 2 saturated heterocycles. The third kappa shape index (κ3) is 11.8. The number of urea groups is 1. The highest BCUT2D eigenvalue weighted by molar-refractivity contribution is 6.38. The molecule has 5 atom stereocenters. The molecule has 1 unspecified atom stereocenters. The number of hydrogen-bond acceptors (Lipinski definition) is 9. The maximum Gasteiger partial charge on any atom is 0.316 e. The van der Waals surface area contributed by atoms with Gasteiger partial charge >= 0.3 is 6.03 Å². The van der Waals surface area contributed by atoms with E-state index < -0.39 is 59.1 Å². The van der Waals surface area contributed by atoms with Crippen LogP contribution in [0.4, 0.5) is 10.7 Å². The van der Waals surface area contributed by atoms with Crippen molar-refractivity contribution in [2.24, 2.45) is 17.3 Å². The largest absolute Gasteiger partial charge is 0.346 e. The van der Waals surface area contributed by atoms with Gasteiger partial charge in [-0.2, -0.15) is 0 Å². The van der Waals surface area contributed by atoms with E-state index in [1.165, 1.54) is 11.0 Å². The van der Waals surface area contributed by atoms with E-state index in [0.29, 0.717) is 45.0 Å². The molecule has 0 radical (unpaired) electrons. The first-order valence-corrected chi connectivity index (χ1v) is 19.1. The van der Waals surface area contributed by atoms with Crippen LogP contribution in [0.3, 0.4) is 0 Å². The Labute approximate surface area is 320 Å². The Morgan fingerprint density at radius 1 is 0.944 bits per heavy atom. The quantitative estimate of drug-likeness (QED) is 0.146. The SMILES string of the molecule is C=CCNC(=O)C(=O)C(CCCC)NC(=O)[C@@H]1[C@@H](C=C(C)C)CCN1C(=O)[C@@H](NC(=O)N[C@H](C(=O)N1CCN(c2ncccn2)CC1)C(C)C)C(C)(C)C. The lowest BCUT2D eigenvalue weighted by molar-refractivity contribution is -0.144. The third-order valence-electron chi connectivity index (χ3n) is 9.69. The number of hydrogen-bond donors (Lipinski definition) is 4. The summed E-state index contributed by atoms with van der Waals surface area (Å²) in [5.74, 6) is -2.82. The number of piperazine rings is 1. The van der Waals surface area contributed by atoms with Crippen molar-refractivity contribution in [3.8, 4) is 0 Å². The predicted molar refractivity (Wildman–Crippen MR) is 207 cm³/mol. The van der Waals surface area contributed by atoms with Crippen molar-refractivity contribution in [2.45, 2.75) is 105 Å². The summed E-state index contributed by atoms with van der Waals surface area (Å²) in [6.45, 7) is 20.8. The lowest BCUT2D eigenvalue weighted by Crippen LogP contribution is -2.62. The van der Waals surface area contributed by atoms with Gasteiger partial charge in [0.1, 0.15) is 18.1 Å². The second-order valence-corrected chi connectivity index (χ2v) is 15.7. The maximum atomic E-state index is 14.5. The number of ketones is 1. The third-order valence-corrected chi connectivity index (χ3v) is 9.69. The van der Waals surface area contributed by atoms with Crippen molar-refractivity contribution in [3.05, 3.63) is 42.8 Å². The number of aromatic nitrogens is 2. The minimum Gasteiger partial charge on any atom is -0.346 e. The number of unbranched alkanes of at least 4 members (excludes halogenated alkanes) is 1. The molecule has 2 aliphatic heterocycles. The zero-order chi connectivity index (χ0) is 40.2.